The van der Waals surface area contributed by atoms with Gasteiger partial charge in [-0.15, -0.1) is 0 Å². The van der Waals surface area contributed by atoms with Gasteiger partial charge in [-0.2, -0.15) is 0 Å². The fraction of sp³-hybridized carbons (Fsp3) is 0.0833. The van der Waals surface area contributed by atoms with E-state index in [0.717, 1.165) is 4.47 Å². The summed E-state index contributed by atoms with van der Waals surface area (Å²) in [5.41, 5.74) is 0.479. The average Bonchev–Trinajstić information content (AvgIpc) is 2.81. The standard InChI is InChI=1S/C12H9BrO3/c1-15-10-5-4-8(13)7-9(10)12(14)11-3-2-6-16-11/h2-7H,1H3. The molecular formula is C12H9BrO3. The van der Waals surface area contributed by atoms with E-state index >= 15 is 0 Å². The molecule has 0 amide bonds. The SMILES string of the molecule is COc1ccc(Br)cc1C(=O)c1ccco1. The van der Waals surface area contributed by atoms with Gasteiger partial charge in [0.25, 0.3) is 0 Å². The molecule has 0 unspecified atom stereocenters. The number of ketones is 1. The molecular weight excluding hydrogens is 272 g/mol. The van der Waals surface area contributed by atoms with Gasteiger partial charge in [-0.25, -0.2) is 0 Å². The summed E-state index contributed by atoms with van der Waals surface area (Å²) < 4.78 is 11.0. The maximum absolute atomic E-state index is 12.0. The number of halogens is 1. The van der Waals surface area contributed by atoms with Crippen LogP contribution in [0.4, 0.5) is 0 Å². The Labute approximate surface area is 101 Å². The minimum Gasteiger partial charge on any atom is -0.496 e. The molecule has 0 saturated carbocycles. The van der Waals surface area contributed by atoms with Crippen LogP contribution < -0.4 is 4.74 Å². The molecule has 0 saturated heterocycles. The van der Waals surface area contributed by atoms with Crippen molar-refractivity contribution in [3.63, 3.8) is 0 Å². The Morgan fingerprint density at radius 1 is 1.38 bits per heavy atom. The van der Waals surface area contributed by atoms with Crippen molar-refractivity contribution in [3.8, 4) is 5.75 Å². The minimum absolute atomic E-state index is 0.192. The van der Waals surface area contributed by atoms with Gasteiger partial charge in [0.1, 0.15) is 5.75 Å². The number of rotatable bonds is 3. The number of carbonyl (C=O) groups excluding carboxylic acids is 1. The summed E-state index contributed by atoms with van der Waals surface area (Å²) in [5.74, 6) is 0.643. The van der Waals surface area contributed by atoms with E-state index in [0.29, 0.717) is 17.1 Å². The molecule has 0 N–H and O–H groups in total. The summed E-state index contributed by atoms with van der Waals surface area (Å²) in [6, 6.07) is 8.57. The van der Waals surface area contributed by atoms with E-state index in [9.17, 15) is 4.79 Å². The van der Waals surface area contributed by atoms with Crippen molar-refractivity contribution < 1.29 is 13.9 Å². The van der Waals surface area contributed by atoms with Crippen molar-refractivity contribution in [1.29, 1.82) is 0 Å². The highest BCUT2D eigenvalue weighted by Crippen LogP contribution is 2.25. The van der Waals surface area contributed by atoms with Gasteiger partial charge in [-0.05, 0) is 30.3 Å². The van der Waals surface area contributed by atoms with Crippen LogP contribution in [-0.4, -0.2) is 12.9 Å². The molecule has 1 heterocycles. The van der Waals surface area contributed by atoms with Crippen LogP contribution in [-0.2, 0) is 0 Å². The molecule has 0 fully saturated rings. The average molecular weight is 281 g/mol. The van der Waals surface area contributed by atoms with Gasteiger partial charge in [0.15, 0.2) is 5.76 Å². The Morgan fingerprint density at radius 2 is 2.19 bits per heavy atom. The van der Waals surface area contributed by atoms with Crippen molar-refractivity contribution >= 4 is 21.7 Å². The predicted molar refractivity (Wildman–Crippen MR) is 62.8 cm³/mol. The molecule has 0 aliphatic carbocycles. The smallest absolute Gasteiger partial charge is 0.231 e. The van der Waals surface area contributed by atoms with Crippen LogP contribution in [0.1, 0.15) is 16.1 Å². The molecule has 82 valence electrons. The first kappa shape index (κ1) is 11.0. The Hall–Kier alpha value is -1.55. The summed E-state index contributed by atoms with van der Waals surface area (Å²) in [7, 11) is 1.53. The van der Waals surface area contributed by atoms with Gasteiger partial charge >= 0.3 is 0 Å². The van der Waals surface area contributed by atoms with Crippen LogP contribution in [0, 0.1) is 0 Å². The number of ether oxygens (including phenoxy) is 1. The summed E-state index contributed by atoms with van der Waals surface area (Å²) in [6.07, 6.45) is 1.47. The second-order valence-corrected chi connectivity index (χ2v) is 4.07. The van der Waals surface area contributed by atoms with E-state index in [1.807, 2.05) is 6.07 Å². The summed E-state index contributed by atoms with van der Waals surface area (Å²) >= 11 is 3.32. The number of hydrogen-bond acceptors (Lipinski definition) is 3. The van der Waals surface area contributed by atoms with E-state index in [2.05, 4.69) is 15.9 Å². The Kier molecular flexibility index (Phi) is 3.10. The van der Waals surface area contributed by atoms with Gasteiger partial charge in [0.2, 0.25) is 5.78 Å². The summed E-state index contributed by atoms with van der Waals surface area (Å²) in [4.78, 5) is 12.0. The molecule has 3 nitrogen and oxygen atoms in total. The van der Waals surface area contributed by atoms with E-state index in [-0.39, 0.29) is 5.78 Å². The highest BCUT2D eigenvalue weighted by Gasteiger charge is 2.16. The van der Waals surface area contributed by atoms with Crippen molar-refractivity contribution in [3.05, 3.63) is 52.4 Å². The topological polar surface area (TPSA) is 39.4 Å². The number of carbonyl (C=O) groups is 1. The van der Waals surface area contributed by atoms with Crippen LogP contribution in [0.15, 0.2) is 45.5 Å². The second kappa shape index (κ2) is 4.53. The zero-order valence-corrected chi connectivity index (χ0v) is 10.2. The lowest BCUT2D eigenvalue weighted by Crippen LogP contribution is -2.02. The molecule has 0 radical (unpaired) electrons. The molecule has 1 aromatic heterocycles. The molecule has 0 bridgehead atoms. The maximum Gasteiger partial charge on any atom is 0.231 e. The molecule has 16 heavy (non-hydrogen) atoms. The van der Waals surface area contributed by atoms with Crippen LogP contribution in [0.25, 0.3) is 0 Å². The first-order valence-corrected chi connectivity index (χ1v) is 5.43. The van der Waals surface area contributed by atoms with Gasteiger partial charge in [-0.1, -0.05) is 15.9 Å². The van der Waals surface area contributed by atoms with Gasteiger partial charge in [0.05, 0.1) is 18.9 Å². The normalized spacial score (nSPS) is 10.1. The van der Waals surface area contributed by atoms with E-state index in [1.54, 1.807) is 24.3 Å². The van der Waals surface area contributed by atoms with Crippen molar-refractivity contribution in [1.82, 2.24) is 0 Å². The lowest BCUT2D eigenvalue weighted by molar-refractivity contribution is 0.101. The quantitative estimate of drug-likeness (QED) is 0.810. The van der Waals surface area contributed by atoms with Gasteiger partial charge in [-0.3, -0.25) is 4.79 Å². The van der Waals surface area contributed by atoms with Crippen molar-refractivity contribution in [2.45, 2.75) is 0 Å². The van der Waals surface area contributed by atoms with E-state index < -0.39 is 0 Å². The molecule has 0 aliphatic heterocycles. The van der Waals surface area contributed by atoms with Crippen LogP contribution in [0.5, 0.6) is 5.75 Å². The third kappa shape index (κ3) is 2.02. The first-order chi connectivity index (χ1) is 7.72. The van der Waals surface area contributed by atoms with E-state index in [1.165, 1.54) is 13.4 Å². The molecule has 4 heteroatoms. The highest BCUT2D eigenvalue weighted by atomic mass is 79.9. The molecule has 0 aliphatic rings. The zero-order chi connectivity index (χ0) is 11.5. The third-order valence-electron chi connectivity index (χ3n) is 2.15. The maximum atomic E-state index is 12.0. The largest absolute Gasteiger partial charge is 0.496 e. The minimum atomic E-state index is -0.192. The highest BCUT2D eigenvalue weighted by molar-refractivity contribution is 9.10. The number of hydrogen-bond donors (Lipinski definition) is 0. The predicted octanol–water partition coefficient (Wildman–Crippen LogP) is 3.28. The lowest BCUT2D eigenvalue weighted by Gasteiger charge is -2.06. The van der Waals surface area contributed by atoms with Crippen molar-refractivity contribution in [2.24, 2.45) is 0 Å². The lowest BCUT2D eigenvalue weighted by atomic mass is 10.1. The monoisotopic (exact) mass is 280 g/mol. The Bertz CT molecular complexity index is 503. The number of furan rings is 1. The molecule has 1 aromatic carbocycles. The Balaban J connectivity index is 2.47. The first-order valence-electron chi connectivity index (χ1n) is 4.64. The number of benzene rings is 1. The fourth-order valence-electron chi connectivity index (χ4n) is 1.40. The second-order valence-electron chi connectivity index (χ2n) is 3.15. The molecule has 0 atom stereocenters. The molecule has 2 rings (SSSR count). The zero-order valence-electron chi connectivity index (χ0n) is 8.57. The summed E-state index contributed by atoms with van der Waals surface area (Å²) in [5, 5.41) is 0. The molecule has 0 spiro atoms. The fourth-order valence-corrected chi connectivity index (χ4v) is 1.76. The van der Waals surface area contributed by atoms with Crippen molar-refractivity contribution in [2.75, 3.05) is 7.11 Å². The molecule has 2 aromatic rings. The van der Waals surface area contributed by atoms with Crippen LogP contribution in [0.2, 0.25) is 0 Å². The Morgan fingerprint density at radius 3 is 2.81 bits per heavy atom. The van der Waals surface area contributed by atoms with E-state index in [4.69, 9.17) is 9.15 Å². The number of methoxy groups -OCH3 is 1. The van der Waals surface area contributed by atoms with Crippen LogP contribution in [0.3, 0.4) is 0 Å². The summed E-state index contributed by atoms with van der Waals surface area (Å²) in [6.45, 7) is 0. The van der Waals surface area contributed by atoms with Crippen LogP contribution >= 0.6 is 15.9 Å². The van der Waals surface area contributed by atoms with Gasteiger partial charge < -0.3 is 9.15 Å². The third-order valence-corrected chi connectivity index (χ3v) is 2.64. The van der Waals surface area contributed by atoms with Gasteiger partial charge in [0, 0.05) is 4.47 Å².